The summed E-state index contributed by atoms with van der Waals surface area (Å²) >= 11 is 1.30. The highest BCUT2D eigenvalue weighted by molar-refractivity contribution is 7.15. The van der Waals surface area contributed by atoms with Crippen LogP contribution in [0.4, 0.5) is 5.00 Å². The van der Waals surface area contributed by atoms with Gasteiger partial charge in [0, 0.05) is 10.9 Å². The zero-order valence-electron chi connectivity index (χ0n) is 19.2. The highest BCUT2D eigenvalue weighted by Crippen LogP contribution is 2.36. The summed E-state index contributed by atoms with van der Waals surface area (Å²) in [6.45, 7) is 10.2. The monoisotopic (exact) mass is 451 g/mol. The summed E-state index contributed by atoms with van der Waals surface area (Å²) in [7, 11) is 0. The second kappa shape index (κ2) is 10.5. The number of nitrogens with one attached hydrogen (secondary N) is 1. The van der Waals surface area contributed by atoms with E-state index in [2.05, 4.69) is 19.2 Å². The standard InChI is InChI=1S/C26H29NO4S/c1-6-30-26(29)24-22(19-9-7-17(4)8-10-19)15-32-25(24)27-23(28)14-31-20-11-12-21(16(2)3)18(5)13-20/h7-13,15-16H,6,14H2,1-5H3,(H,27,28). The second-order valence-corrected chi connectivity index (χ2v) is 8.83. The molecule has 32 heavy (non-hydrogen) atoms. The average molecular weight is 452 g/mol. The largest absolute Gasteiger partial charge is 0.484 e. The number of thiophene rings is 1. The first kappa shape index (κ1) is 23.5. The number of carbonyl (C=O) groups is 2. The number of carbonyl (C=O) groups excluding carboxylic acids is 2. The Labute approximate surface area is 193 Å². The average Bonchev–Trinajstić information content (AvgIpc) is 3.16. The van der Waals surface area contributed by atoms with Crippen molar-refractivity contribution in [1.82, 2.24) is 0 Å². The summed E-state index contributed by atoms with van der Waals surface area (Å²) in [5, 5.41) is 5.14. The number of hydrogen-bond acceptors (Lipinski definition) is 5. The molecule has 1 amide bonds. The number of aryl methyl sites for hydroxylation is 2. The van der Waals surface area contributed by atoms with Crippen LogP contribution in [0.2, 0.25) is 0 Å². The highest BCUT2D eigenvalue weighted by atomic mass is 32.1. The van der Waals surface area contributed by atoms with Gasteiger partial charge in [-0.1, -0.05) is 49.7 Å². The van der Waals surface area contributed by atoms with E-state index in [4.69, 9.17) is 9.47 Å². The van der Waals surface area contributed by atoms with Crippen molar-refractivity contribution in [1.29, 1.82) is 0 Å². The molecule has 168 valence electrons. The number of esters is 1. The van der Waals surface area contributed by atoms with Crippen molar-refractivity contribution in [2.24, 2.45) is 0 Å². The lowest BCUT2D eigenvalue weighted by Gasteiger charge is -2.13. The van der Waals surface area contributed by atoms with Crippen LogP contribution in [0, 0.1) is 13.8 Å². The molecule has 0 atom stereocenters. The van der Waals surface area contributed by atoms with E-state index in [0.717, 1.165) is 22.3 Å². The van der Waals surface area contributed by atoms with Crippen LogP contribution in [0.15, 0.2) is 47.8 Å². The molecule has 0 saturated carbocycles. The van der Waals surface area contributed by atoms with E-state index >= 15 is 0 Å². The summed E-state index contributed by atoms with van der Waals surface area (Å²) in [4.78, 5) is 25.3. The molecular weight excluding hydrogens is 422 g/mol. The first-order valence-electron chi connectivity index (χ1n) is 10.7. The summed E-state index contributed by atoms with van der Waals surface area (Å²) in [5.74, 6) is 0.272. The van der Waals surface area contributed by atoms with E-state index in [1.54, 1.807) is 6.92 Å². The molecule has 0 aliphatic rings. The first-order chi connectivity index (χ1) is 15.3. The third-order valence-electron chi connectivity index (χ3n) is 5.12. The Balaban J connectivity index is 1.76. The summed E-state index contributed by atoms with van der Waals surface area (Å²) < 4.78 is 10.9. The molecule has 1 aromatic heterocycles. The van der Waals surface area contributed by atoms with Crippen LogP contribution >= 0.6 is 11.3 Å². The molecule has 0 bridgehead atoms. The molecule has 0 spiro atoms. The fraction of sp³-hybridized carbons (Fsp3) is 0.308. The van der Waals surface area contributed by atoms with E-state index in [0.29, 0.717) is 22.2 Å². The maximum Gasteiger partial charge on any atom is 0.341 e. The molecule has 1 heterocycles. The minimum Gasteiger partial charge on any atom is -0.484 e. The number of ether oxygens (including phenoxy) is 2. The topological polar surface area (TPSA) is 64.6 Å². The minimum absolute atomic E-state index is 0.152. The van der Waals surface area contributed by atoms with E-state index in [1.807, 2.05) is 61.7 Å². The van der Waals surface area contributed by atoms with Gasteiger partial charge < -0.3 is 14.8 Å². The van der Waals surface area contributed by atoms with E-state index in [-0.39, 0.29) is 19.1 Å². The lowest BCUT2D eigenvalue weighted by atomic mass is 9.98. The maximum absolute atomic E-state index is 12.7. The van der Waals surface area contributed by atoms with Gasteiger partial charge in [-0.15, -0.1) is 11.3 Å². The second-order valence-electron chi connectivity index (χ2n) is 7.95. The van der Waals surface area contributed by atoms with Gasteiger partial charge in [0.05, 0.1) is 6.61 Å². The molecule has 0 fully saturated rings. The molecular formula is C26H29NO4S. The van der Waals surface area contributed by atoms with Crippen LogP contribution in [0.25, 0.3) is 11.1 Å². The molecule has 5 nitrogen and oxygen atoms in total. The van der Waals surface area contributed by atoms with Gasteiger partial charge in [0.1, 0.15) is 16.3 Å². The van der Waals surface area contributed by atoms with Crippen molar-refractivity contribution >= 4 is 28.2 Å². The van der Waals surface area contributed by atoms with Crippen LogP contribution in [0.1, 0.15) is 53.7 Å². The van der Waals surface area contributed by atoms with Crippen LogP contribution in [-0.4, -0.2) is 25.1 Å². The molecule has 3 rings (SSSR count). The molecule has 1 N–H and O–H groups in total. The van der Waals surface area contributed by atoms with Gasteiger partial charge in [0.15, 0.2) is 6.61 Å². The fourth-order valence-electron chi connectivity index (χ4n) is 3.50. The Morgan fingerprint density at radius 1 is 1.06 bits per heavy atom. The molecule has 0 saturated heterocycles. The molecule has 0 aliphatic carbocycles. The van der Waals surface area contributed by atoms with E-state index in [9.17, 15) is 9.59 Å². The predicted octanol–water partition coefficient (Wildman–Crippen LogP) is 6.35. The van der Waals surface area contributed by atoms with Crippen molar-refractivity contribution in [3.8, 4) is 16.9 Å². The Bertz CT molecular complexity index is 1100. The van der Waals surface area contributed by atoms with Crippen molar-refractivity contribution in [3.05, 3.63) is 70.1 Å². The Morgan fingerprint density at radius 3 is 2.41 bits per heavy atom. The van der Waals surface area contributed by atoms with Crippen molar-refractivity contribution in [2.45, 2.75) is 40.5 Å². The van der Waals surface area contributed by atoms with Crippen LogP contribution in [-0.2, 0) is 9.53 Å². The van der Waals surface area contributed by atoms with Gasteiger partial charge in [0.25, 0.3) is 5.91 Å². The molecule has 0 aliphatic heterocycles. The van der Waals surface area contributed by atoms with Crippen LogP contribution in [0.5, 0.6) is 5.75 Å². The Morgan fingerprint density at radius 2 is 1.78 bits per heavy atom. The number of rotatable bonds is 8. The zero-order chi connectivity index (χ0) is 23.3. The van der Waals surface area contributed by atoms with E-state index < -0.39 is 5.97 Å². The zero-order valence-corrected chi connectivity index (χ0v) is 20.0. The molecule has 0 unspecified atom stereocenters. The lowest BCUT2D eigenvalue weighted by Crippen LogP contribution is -2.21. The lowest BCUT2D eigenvalue weighted by molar-refractivity contribution is -0.118. The summed E-state index contributed by atoms with van der Waals surface area (Å²) in [6.07, 6.45) is 0. The Kier molecular flexibility index (Phi) is 7.70. The van der Waals surface area contributed by atoms with Gasteiger partial charge in [-0.05, 0) is 55.5 Å². The number of benzene rings is 2. The van der Waals surface area contributed by atoms with Crippen molar-refractivity contribution < 1.29 is 19.1 Å². The maximum atomic E-state index is 12.7. The molecule has 6 heteroatoms. The third kappa shape index (κ3) is 5.56. The van der Waals surface area contributed by atoms with Crippen molar-refractivity contribution in [2.75, 3.05) is 18.5 Å². The van der Waals surface area contributed by atoms with Gasteiger partial charge in [-0.25, -0.2) is 4.79 Å². The highest BCUT2D eigenvalue weighted by Gasteiger charge is 2.23. The number of hydrogen-bond donors (Lipinski definition) is 1. The normalized spacial score (nSPS) is 10.8. The van der Waals surface area contributed by atoms with Crippen LogP contribution in [0.3, 0.4) is 0 Å². The number of amides is 1. The van der Waals surface area contributed by atoms with Gasteiger partial charge >= 0.3 is 5.97 Å². The van der Waals surface area contributed by atoms with Gasteiger partial charge in [0.2, 0.25) is 0 Å². The van der Waals surface area contributed by atoms with Crippen molar-refractivity contribution in [3.63, 3.8) is 0 Å². The summed E-state index contributed by atoms with van der Waals surface area (Å²) in [6, 6.07) is 13.7. The minimum atomic E-state index is -0.458. The third-order valence-corrected chi connectivity index (χ3v) is 6.01. The SMILES string of the molecule is CCOC(=O)c1c(-c2ccc(C)cc2)csc1NC(=O)COc1ccc(C(C)C)c(C)c1. The number of anilines is 1. The van der Waals surface area contributed by atoms with Gasteiger partial charge in [-0.3, -0.25) is 4.79 Å². The summed E-state index contributed by atoms with van der Waals surface area (Å²) in [5.41, 5.74) is 5.51. The van der Waals surface area contributed by atoms with Gasteiger partial charge in [-0.2, -0.15) is 0 Å². The smallest absolute Gasteiger partial charge is 0.341 e. The quantitative estimate of drug-likeness (QED) is 0.405. The fourth-order valence-corrected chi connectivity index (χ4v) is 4.47. The van der Waals surface area contributed by atoms with E-state index in [1.165, 1.54) is 16.9 Å². The first-order valence-corrected chi connectivity index (χ1v) is 11.6. The Hall–Kier alpha value is -3.12. The molecule has 2 aromatic carbocycles. The van der Waals surface area contributed by atoms with Crippen LogP contribution < -0.4 is 10.1 Å². The predicted molar refractivity (Wildman–Crippen MR) is 130 cm³/mol. The molecule has 3 aromatic rings. The molecule has 0 radical (unpaired) electrons.